The van der Waals surface area contributed by atoms with Gasteiger partial charge < -0.3 is 5.32 Å². The van der Waals surface area contributed by atoms with E-state index in [0.717, 1.165) is 25.1 Å². The number of carbonyl (C=O) groups is 1. The van der Waals surface area contributed by atoms with Gasteiger partial charge in [-0.15, -0.1) is 11.3 Å². The zero-order valence-corrected chi connectivity index (χ0v) is 13.6. The number of thiophene rings is 1. The van der Waals surface area contributed by atoms with E-state index in [0.29, 0.717) is 0 Å². The minimum absolute atomic E-state index is 0.0721. The molecular weight excluding hydrogens is 314 g/mol. The number of fused-ring (bicyclic) bond motifs is 1. The molecular formula is C16H17N3O3S. The molecule has 120 valence electrons. The lowest BCUT2D eigenvalue weighted by Gasteiger charge is -2.26. The van der Waals surface area contributed by atoms with Crippen molar-refractivity contribution in [1.82, 2.24) is 4.90 Å². The average molecular weight is 331 g/mol. The van der Waals surface area contributed by atoms with Gasteiger partial charge in [-0.25, -0.2) is 0 Å². The summed E-state index contributed by atoms with van der Waals surface area (Å²) >= 11 is 1.75. The third kappa shape index (κ3) is 3.57. The van der Waals surface area contributed by atoms with Crippen LogP contribution < -0.4 is 5.32 Å². The largest absolute Gasteiger partial charge is 0.319 e. The number of anilines is 1. The first-order valence-corrected chi connectivity index (χ1v) is 8.23. The zero-order chi connectivity index (χ0) is 16.4. The molecule has 0 atom stereocenters. The van der Waals surface area contributed by atoms with Crippen LogP contribution in [0.4, 0.5) is 11.4 Å². The van der Waals surface area contributed by atoms with Crippen LogP contribution in [0.25, 0.3) is 0 Å². The molecule has 1 aliphatic heterocycles. The molecule has 0 aliphatic carbocycles. The maximum Gasteiger partial charge on any atom is 0.293 e. The molecule has 1 amide bonds. The fourth-order valence-electron chi connectivity index (χ4n) is 2.73. The number of amides is 1. The molecule has 0 unspecified atom stereocenters. The Balaban J connectivity index is 1.65. The second-order valence-electron chi connectivity index (χ2n) is 5.66. The number of rotatable bonds is 4. The Bertz CT molecular complexity index is 757. The lowest BCUT2D eigenvalue weighted by molar-refractivity contribution is -0.384. The SMILES string of the molecule is Cc1ccc(NC(=O)CN2CCc3sccc3C2)c([N+](=O)[O-])c1. The van der Waals surface area contributed by atoms with Gasteiger partial charge in [0.25, 0.3) is 5.69 Å². The predicted octanol–water partition coefficient (Wildman–Crippen LogP) is 2.96. The summed E-state index contributed by atoms with van der Waals surface area (Å²) in [6.45, 7) is 3.60. The van der Waals surface area contributed by atoms with Gasteiger partial charge in [0.1, 0.15) is 5.69 Å². The molecule has 3 rings (SSSR count). The normalized spacial score (nSPS) is 14.3. The summed E-state index contributed by atoms with van der Waals surface area (Å²) in [6.07, 6.45) is 0.949. The van der Waals surface area contributed by atoms with Crippen LogP contribution in [0.15, 0.2) is 29.6 Å². The van der Waals surface area contributed by atoms with Gasteiger partial charge in [0.15, 0.2) is 0 Å². The van der Waals surface area contributed by atoms with Crippen molar-refractivity contribution >= 4 is 28.6 Å². The zero-order valence-electron chi connectivity index (χ0n) is 12.7. The maximum absolute atomic E-state index is 12.2. The predicted molar refractivity (Wildman–Crippen MR) is 89.8 cm³/mol. The molecule has 0 spiro atoms. The highest BCUT2D eigenvalue weighted by atomic mass is 32.1. The first-order valence-electron chi connectivity index (χ1n) is 7.35. The molecule has 1 aromatic carbocycles. The van der Waals surface area contributed by atoms with Crippen molar-refractivity contribution in [2.75, 3.05) is 18.4 Å². The van der Waals surface area contributed by atoms with Crippen LogP contribution in [0.2, 0.25) is 0 Å². The minimum Gasteiger partial charge on any atom is -0.319 e. The Morgan fingerprint density at radius 1 is 1.43 bits per heavy atom. The second kappa shape index (κ2) is 6.47. The molecule has 6 nitrogen and oxygen atoms in total. The van der Waals surface area contributed by atoms with Crippen molar-refractivity contribution < 1.29 is 9.72 Å². The Morgan fingerprint density at radius 2 is 2.26 bits per heavy atom. The summed E-state index contributed by atoms with van der Waals surface area (Å²) in [6, 6.07) is 6.89. The van der Waals surface area contributed by atoms with Crippen LogP contribution in [0.3, 0.4) is 0 Å². The topological polar surface area (TPSA) is 75.5 Å². The molecule has 0 radical (unpaired) electrons. The smallest absolute Gasteiger partial charge is 0.293 e. The number of nitrogens with zero attached hydrogens (tertiary/aromatic N) is 2. The van der Waals surface area contributed by atoms with Crippen molar-refractivity contribution in [1.29, 1.82) is 0 Å². The van der Waals surface area contributed by atoms with Crippen molar-refractivity contribution in [3.63, 3.8) is 0 Å². The lowest BCUT2D eigenvalue weighted by atomic mass is 10.1. The third-order valence-electron chi connectivity index (χ3n) is 3.88. The number of hydrogen-bond acceptors (Lipinski definition) is 5. The molecule has 2 aromatic rings. The first-order chi connectivity index (χ1) is 11.0. The molecule has 7 heteroatoms. The Labute approximate surface area is 137 Å². The Kier molecular flexibility index (Phi) is 4.40. The van der Waals surface area contributed by atoms with Crippen LogP contribution in [0, 0.1) is 17.0 Å². The third-order valence-corrected chi connectivity index (χ3v) is 4.90. The molecule has 0 bridgehead atoms. The first kappa shape index (κ1) is 15.6. The Morgan fingerprint density at radius 3 is 3.04 bits per heavy atom. The summed E-state index contributed by atoms with van der Waals surface area (Å²) in [5, 5.41) is 15.8. The highest BCUT2D eigenvalue weighted by molar-refractivity contribution is 7.10. The van der Waals surface area contributed by atoms with Crippen LogP contribution >= 0.6 is 11.3 Å². The number of aryl methyl sites for hydroxylation is 1. The quantitative estimate of drug-likeness (QED) is 0.690. The van der Waals surface area contributed by atoms with Gasteiger partial charge in [0, 0.05) is 24.0 Å². The van der Waals surface area contributed by atoms with Gasteiger partial charge in [-0.05, 0) is 42.0 Å². The van der Waals surface area contributed by atoms with Crippen LogP contribution in [0.5, 0.6) is 0 Å². The molecule has 1 aromatic heterocycles. The van der Waals surface area contributed by atoms with Crippen molar-refractivity contribution in [2.24, 2.45) is 0 Å². The van der Waals surface area contributed by atoms with E-state index in [1.54, 1.807) is 30.4 Å². The van der Waals surface area contributed by atoms with Crippen LogP contribution in [-0.4, -0.2) is 28.8 Å². The molecule has 0 saturated heterocycles. The molecule has 0 saturated carbocycles. The summed E-state index contributed by atoms with van der Waals surface area (Å²) in [5.41, 5.74) is 2.24. The number of nitro groups is 1. The second-order valence-corrected chi connectivity index (χ2v) is 6.66. The molecule has 23 heavy (non-hydrogen) atoms. The van der Waals surface area contributed by atoms with E-state index in [1.807, 2.05) is 0 Å². The van der Waals surface area contributed by atoms with Crippen LogP contribution in [0.1, 0.15) is 16.0 Å². The summed E-state index contributed by atoms with van der Waals surface area (Å²) in [4.78, 5) is 26.3. The number of nitro benzene ring substituents is 1. The monoisotopic (exact) mass is 331 g/mol. The van der Waals surface area contributed by atoms with Gasteiger partial charge in [-0.3, -0.25) is 19.8 Å². The standard InChI is InChI=1S/C16H17N3O3S/c1-11-2-3-13(14(8-11)19(21)22)17-16(20)10-18-6-4-15-12(9-18)5-7-23-15/h2-3,5,7-8H,4,6,9-10H2,1H3,(H,17,20). The van der Waals surface area contributed by atoms with Crippen molar-refractivity contribution in [3.8, 4) is 0 Å². The fourth-order valence-corrected chi connectivity index (χ4v) is 3.62. The van der Waals surface area contributed by atoms with E-state index in [4.69, 9.17) is 0 Å². The maximum atomic E-state index is 12.2. The molecule has 1 N–H and O–H groups in total. The van der Waals surface area contributed by atoms with Gasteiger partial charge in [-0.1, -0.05) is 6.07 Å². The van der Waals surface area contributed by atoms with E-state index in [-0.39, 0.29) is 23.8 Å². The molecule has 1 aliphatic rings. The highest BCUT2D eigenvalue weighted by Crippen LogP contribution is 2.26. The fraction of sp³-hybridized carbons (Fsp3) is 0.312. The molecule has 2 heterocycles. The minimum atomic E-state index is -0.471. The van der Waals surface area contributed by atoms with E-state index >= 15 is 0 Å². The number of hydrogen-bond donors (Lipinski definition) is 1. The van der Waals surface area contributed by atoms with E-state index < -0.39 is 4.92 Å². The van der Waals surface area contributed by atoms with E-state index in [2.05, 4.69) is 21.7 Å². The number of carbonyl (C=O) groups excluding carboxylic acids is 1. The summed E-state index contributed by atoms with van der Waals surface area (Å²) < 4.78 is 0. The van der Waals surface area contributed by atoms with Crippen LogP contribution in [-0.2, 0) is 17.8 Å². The lowest BCUT2D eigenvalue weighted by Crippen LogP contribution is -2.36. The average Bonchev–Trinajstić information content (AvgIpc) is 2.96. The molecule has 0 fully saturated rings. The van der Waals surface area contributed by atoms with Gasteiger partial charge in [0.2, 0.25) is 5.91 Å². The number of benzene rings is 1. The van der Waals surface area contributed by atoms with Gasteiger partial charge >= 0.3 is 0 Å². The van der Waals surface area contributed by atoms with E-state index in [9.17, 15) is 14.9 Å². The van der Waals surface area contributed by atoms with Gasteiger partial charge in [-0.2, -0.15) is 0 Å². The summed E-state index contributed by atoms with van der Waals surface area (Å²) in [5.74, 6) is -0.226. The van der Waals surface area contributed by atoms with E-state index in [1.165, 1.54) is 16.5 Å². The number of nitrogens with one attached hydrogen (secondary N) is 1. The van der Waals surface area contributed by atoms with Crippen molar-refractivity contribution in [3.05, 3.63) is 55.8 Å². The Hall–Kier alpha value is -2.25. The van der Waals surface area contributed by atoms with Crippen molar-refractivity contribution in [2.45, 2.75) is 19.9 Å². The van der Waals surface area contributed by atoms with Gasteiger partial charge in [0.05, 0.1) is 11.5 Å². The summed E-state index contributed by atoms with van der Waals surface area (Å²) in [7, 11) is 0. The highest BCUT2D eigenvalue weighted by Gasteiger charge is 2.21.